The van der Waals surface area contributed by atoms with E-state index < -0.39 is 6.10 Å². The van der Waals surface area contributed by atoms with Crippen LogP contribution in [0.2, 0.25) is 0 Å². The number of benzene rings is 2. The van der Waals surface area contributed by atoms with Crippen molar-refractivity contribution < 1.29 is 9.53 Å². The average Bonchev–Trinajstić information content (AvgIpc) is 3.08. The maximum absolute atomic E-state index is 12.3. The molecule has 3 rings (SSSR count). The van der Waals surface area contributed by atoms with Crippen molar-refractivity contribution in [3.8, 4) is 16.3 Å². The van der Waals surface area contributed by atoms with Crippen LogP contribution in [0.5, 0.6) is 5.75 Å². The van der Waals surface area contributed by atoms with E-state index in [9.17, 15) is 4.79 Å². The van der Waals surface area contributed by atoms with E-state index in [-0.39, 0.29) is 5.91 Å². The zero-order valence-electron chi connectivity index (χ0n) is 16.1. The second-order valence-electron chi connectivity index (χ2n) is 6.81. The van der Waals surface area contributed by atoms with Crippen LogP contribution in [0.25, 0.3) is 10.6 Å². The first-order chi connectivity index (χ1) is 12.9. The summed E-state index contributed by atoms with van der Waals surface area (Å²) in [6.07, 6.45) is -0.568. The highest BCUT2D eigenvalue weighted by atomic mass is 32.1. The largest absolute Gasteiger partial charge is 0.481 e. The van der Waals surface area contributed by atoms with Crippen LogP contribution in [0.15, 0.2) is 47.8 Å². The Kier molecular flexibility index (Phi) is 5.91. The molecule has 0 unspecified atom stereocenters. The molecule has 1 atom stereocenters. The number of carbonyl (C=O) groups excluding carboxylic acids is 1. The molecule has 0 aliphatic rings. The van der Waals surface area contributed by atoms with E-state index in [0.29, 0.717) is 12.3 Å². The van der Waals surface area contributed by atoms with E-state index in [0.717, 1.165) is 27.4 Å². The lowest BCUT2D eigenvalue weighted by atomic mass is 10.1. The minimum absolute atomic E-state index is 0.154. The number of carbonyl (C=O) groups is 1. The third-order valence-corrected chi connectivity index (χ3v) is 5.11. The Morgan fingerprint density at radius 1 is 1.07 bits per heavy atom. The number of aryl methyl sites for hydroxylation is 3. The van der Waals surface area contributed by atoms with Gasteiger partial charge in [-0.1, -0.05) is 35.9 Å². The molecule has 0 spiro atoms. The monoisotopic (exact) mass is 380 g/mol. The molecule has 4 nitrogen and oxygen atoms in total. The molecule has 0 radical (unpaired) electrons. The van der Waals surface area contributed by atoms with Crippen molar-refractivity contribution >= 4 is 17.2 Å². The summed E-state index contributed by atoms with van der Waals surface area (Å²) in [4.78, 5) is 17.0. The summed E-state index contributed by atoms with van der Waals surface area (Å²) in [6.45, 7) is 8.23. The first-order valence-corrected chi connectivity index (χ1v) is 9.83. The van der Waals surface area contributed by atoms with Gasteiger partial charge >= 0.3 is 0 Å². The van der Waals surface area contributed by atoms with E-state index >= 15 is 0 Å². The van der Waals surface area contributed by atoms with Crippen molar-refractivity contribution in [1.82, 2.24) is 10.3 Å². The van der Waals surface area contributed by atoms with Crippen LogP contribution in [0, 0.1) is 20.8 Å². The zero-order chi connectivity index (χ0) is 19.4. The van der Waals surface area contributed by atoms with Crippen molar-refractivity contribution in [1.29, 1.82) is 0 Å². The lowest BCUT2D eigenvalue weighted by molar-refractivity contribution is -0.127. The maximum atomic E-state index is 12.3. The van der Waals surface area contributed by atoms with Gasteiger partial charge in [0.2, 0.25) is 0 Å². The van der Waals surface area contributed by atoms with Crippen LogP contribution in [-0.4, -0.2) is 17.0 Å². The number of hydrogen-bond acceptors (Lipinski definition) is 4. The summed E-state index contributed by atoms with van der Waals surface area (Å²) >= 11 is 1.58. The molecule has 0 fully saturated rings. The number of thiazole rings is 1. The Bertz CT molecular complexity index is 911. The van der Waals surface area contributed by atoms with Crippen LogP contribution in [-0.2, 0) is 11.3 Å². The average molecular weight is 381 g/mol. The fraction of sp³-hybridized carbons (Fsp3) is 0.273. The molecule has 0 saturated heterocycles. The first-order valence-electron chi connectivity index (χ1n) is 8.95. The molecule has 1 amide bonds. The molecule has 0 bridgehead atoms. The normalized spacial score (nSPS) is 11.9. The van der Waals surface area contributed by atoms with E-state index in [1.807, 2.05) is 31.4 Å². The van der Waals surface area contributed by atoms with Crippen molar-refractivity contribution in [2.45, 2.75) is 40.3 Å². The van der Waals surface area contributed by atoms with Gasteiger partial charge in [0, 0.05) is 10.9 Å². The Labute approximate surface area is 164 Å². The molecule has 0 aliphatic carbocycles. The lowest BCUT2D eigenvalue weighted by Gasteiger charge is -2.15. The molecule has 5 heteroatoms. The number of amides is 1. The standard InChI is InChI=1S/C22H24N2O2S/c1-14-5-7-18(8-6-14)22-24-19(13-27-22)12-23-21(25)17(4)26-20-10-15(2)9-16(3)11-20/h5-11,13,17H,12H2,1-4H3,(H,23,25)/t17-/m0/s1. The molecule has 2 aromatic carbocycles. The fourth-order valence-corrected chi connectivity index (χ4v) is 3.62. The Hall–Kier alpha value is -2.66. The van der Waals surface area contributed by atoms with E-state index in [1.165, 1.54) is 5.56 Å². The summed E-state index contributed by atoms with van der Waals surface area (Å²) in [5, 5.41) is 5.84. The minimum atomic E-state index is -0.568. The van der Waals surface area contributed by atoms with E-state index in [2.05, 4.69) is 47.6 Å². The zero-order valence-corrected chi connectivity index (χ0v) is 16.9. The Balaban J connectivity index is 1.56. The van der Waals surface area contributed by atoms with Gasteiger partial charge in [-0.2, -0.15) is 0 Å². The summed E-state index contributed by atoms with van der Waals surface area (Å²) in [5.41, 5.74) is 5.39. The molecule has 0 saturated carbocycles. The molecule has 0 aliphatic heterocycles. The van der Waals surface area contributed by atoms with Gasteiger partial charge in [0.05, 0.1) is 12.2 Å². The summed E-state index contributed by atoms with van der Waals surface area (Å²) in [7, 11) is 0. The minimum Gasteiger partial charge on any atom is -0.481 e. The van der Waals surface area contributed by atoms with Gasteiger partial charge in [-0.3, -0.25) is 4.79 Å². The number of nitrogens with one attached hydrogen (secondary N) is 1. The van der Waals surface area contributed by atoms with Gasteiger partial charge in [0.15, 0.2) is 6.10 Å². The molecular formula is C22H24N2O2S. The highest BCUT2D eigenvalue weighted by Crippen LogP contribution is 2.24. The summed E-state index contributed by atoms with van der Waals surface area (Å²) in [5.74, 6) is 0.560. The predicted molar refractivity (Wildman–Crippen MR) is 110 cm³/mol. The van der Waals surface area contributed by atoms with Gasteiger partial charge in [-0.05, 0) is 51.0 Å². The predicted octanol–water partition coefficient (Wildman–Crippen LogP) is 4.82. The smallest absolute Gasteiger partial charge is 0.261 e. The Morgan fingerprint density at radius 2 is 1.74 bits per heavy atom. The van der Waals surface area contributed by atoms with Crippen LogP contribution in [0.3, 0.4) is 0 Å². The topological polar surface area (TPSA) is 51.2 Å². The molecule has 3 aromatic rings. The van der Waals surface area contributed by atoms with Gasteiger partial charge in [0.1, 0.15) is 10.8 Å². The number of ether oxygens (including phenoxy) is 1. The third kappa shape index (κ3) is 5.17. The van der Waals surface area contributed by atoms with Crippen molar-refractivity contribution in [2.24, 2.45) is 0 Å². The molecular weight excluding hydrogens is 356 g/mol. The van der Waals surface area contributed by atoms with Crippen LogP contribution < -0.4 is 10.1 Å². The molecule has 140 valence electrons. The highest BCUT2D eigenvalue weighted by molar-refractivity contribution is 7.13. The molecule has 1 heterocycles. The van der Waals surface area contributed by atoms with E-state index in [1.54, 1.807) is 18.3 Å². The number of aromatic nitrogens is 1. The first kappa shape index (κ1) is 19.1. The third-order valence-electron chi connectivity index (χ3n) is 4.17. The highest BCUT2D eigenvalue weighted by Gasteiger charge is 2.15. The molecule has 1 aromatic heterocycles. The Morgan fingerprint density at radius 3 is 2.41 bits per heavy atom. The second kappa shape index (κ2) is 8.35. The van der Waals surface area contributed by atoms with E-state index in [4.69, 9.17) is 4.74 Å². The number of nitrogens with zero attached hydrogens (tertiary/aromatic N) is 1. The quantitative estimate of drug-likeness (QED) is 0.667. The SMILES string of the molecule is Cc1ccc(-c2nc(CNC(=O)[C@H](C)Oc3cc(C)cc(C)c3)cs2)cc1. The second-order valence-corrected chi connectivity index (χ2v) is 7.67. The van der Waals surface area contributed by atoms with Crippen molar-refractivity contribution in [3.05, 3.63) is 70.2 Å². The summed E-state index contributed by atoms with van der Waals surface area (Å²) in [6, 6.07) is 14.2. The lowest BCUT2D eigenvalue weighted by Crippen LogP contribution is -2.36. The fourth-order valence-electron chi connectivity index (χ4n) is 2.80. The van der Waals surface area contributed by atoms with Crippen LogP contribution in [0.1, 0.15) is 29.3 Å². The van der Waals surface area contributed by atoms with Gasteiger partial charge < -0.3 is 10.1 Å². The number of rotatable bonds is 6. The number of hydrogen-bond donors (Lipinski definition) is 1. The molecule has 27 heavy (non-hydrogen) atoms. The van der Waals surface area contributed by atoms with Crippen molar-refractivity contribution in [2.75, 3.05) is 0 Å². The van der Waals surface area contributed by atoms with Gasteiger partial charge in [0.25, 0.3) is 5.91 Å². The molecule has 1 N–H and O–H groups in total. The summed E-state index contributed by atoms with van der Waals surface area (Å²) < 4.78 is 5.78. The van der Waals surface area contributed by atoms with Crippen molar-refractivity contribution in [3.63, 3.8) is 0 Å². The van der Waals surface area contributed by atoms with Gasteiger partial charge in [-0.15, -0.1) is 11.3 Å². The van der Waals surface area contributed by atoms with Crippen LogP contribution in [0.4, 0.5) is 0 Å². The van der Waals surface area contributed by atoms with Gasteiger partial charge in [-0.25, -0.2) is 4.98 Å². The van der Waals surface area contributed by atoms with Crippen LogP contribution >= 0.6 is 11.3 Å². The maximum Gasteiger partial charge on any atom is 0.261 e.